The highest BCUT2D eigenvalue weighted by molar-refractivity contribution is 5.92. The van der Waals surface area contributed by atoms with Gasteiger partial charge in [0.05, 0.1) is 7.11 Å². The topological polar surface area (TPSA) is 50.8 Å². The number of hydrogen-bond acceptors (Lipinski definition) is 4. The molecular weight excluding hydrogens is 481 g/mol. The molecule has 1 aliphatic carbocycles. The predicted octanol–water partition coefficient (Wildman–Crippen LogP) is 5.72. The fourth-order valence-corrected chi connectivity index (χ4v) is 5.86. The molecule has 1 N–H and O–H groups in total. The molecule has 4 rings (SSSR count). The van der Waals surface area contributed by atoms with E-state index in [9.17, 15) is 18.0 Å². The molecule has 0 bridgehead atoms. The summed E-state index contributed by atoms with van der Waals surface area (Å²) < 4.78 is 47.0. The third-order valence-electron chi connectivity index (χ3n) is 7.51. The van der Waals surface area contributed by atoms with Crippen molar-refractivity contribution in [3.05, 3.63) is 78.4 Å². The third kappa shape index (κ3) is 6.74. The molecule has 37 heavy (non-hydrogen) atoms. The summed E-state index contributed by atoms with van der Waals surface area (Å²) in [6.45, 7) is 6.70. The summed E-state index contributed by atoms with van der Waals surface area (Å²) in [6.07, 6.45) is 3.69. The van der Waals surface area contributed by atoms with Gasteiger partial charge in [0, 0.05) is 30.6 Å². The molecule has 1 amide bonds. The number of piperidine rings is 1. The Labute approximate surface area is 215 Å². The van der Waals surface area contributed by atoms with Gasteiger partial charge in [0.15, 0.2) is 0 Å². The molecule has 198 valence electrons. The number of amides is 1. The Morgan fingerprint density at radius 2 is 1.97 bits per heavy atom. The van der Waals surface area contributed by atoms with Crippen LogP contribution in [0.1, 0.15) is 36.8 Å². The maximum Gasteiger partial charge on any atom is 0.573 e. The number of carbonyl (C=O) groups excluding carboxylic acids is 1. The van der Waals surface area contributed by atoms with E-state index >= 15 is 0 Å². The molecule has 5 nitrogen and oxygen atoms in total. The van der Waals surface area contributed by atoms with Crippen LogP contribution in [0.4, 0.5) is 13.2 Å². The van der Waals surface area contributed by atoms with Gasteiger partial charge in [-0.1, -0.05) is 30.3 Å². The standard InChI is InChI=1S/C29H33F3N2O3/c1-3-15-34-16-14-28(22-7-5-8-25(18-22)36-2)19-24(12-11-23(28)20-34)33-27(35)13-10-21-6-4-9-26(17-21)37-29(30,31)32/h3-10,13,17-18,23-24H,1,11-12,14-16,19-20H2,2H3,(H,33,35). The molecule has 0 radical (unpaired) electrons. The van der Waals surface area contributed by atoms with Crippen LogP contribution in [0.3, 0.4) is 0 Å². The van der Waals surface area contributed by atoms with E-state index in [1.54, 1.807) is 13.2 Å². The number of carbonyl (C=O) groups is 1. The van der Waals surface area contributed by atoms with Crippen LogP contribution in [0.5, 0.6) is 11.5 Å². The van der Waals surface area contributed by atoms with E-state index in [0.29, 0.717) is 11.5 Å². The fourth-order valence-electron chi connectivity index (χ4n) is 5.86. The summed E-state index contributed by atoms with van der Waals surface area (Å²) in [5, 5.41) is 3.14. The molecular formula is C29H33F3N2O3. The quantitative estimate of drug-likeness (QED) is 0.362. The van der Waals surface area contributed by atoms with Gasteiger partial charge in [0.2, 0.25) is 5.91 Å². The lowest BCUT2D eigenvalue weighted by Gasteiger charge is -2.53. The van der Waals surface area contributed by atoms with Gasteiger partial charge in [0.25, 0.3) is 0 Å². The number of benzene rings is 2. The SMILES string of the molecule is C=CCN1CCC2(c3cccc(OC)c3)CC(NC(=O)C=Cc3cccc(OC(F)(F)F)c3)CCC2C1. The molecule has 2 aliphatic rings. The van der Waals surface area contributed by atoms with Crippen LogP contribution < -0.4 is 14.8 Å². The normalized spacial score (nSPS) is 24.3. The first-order valence-electron chi connectivity index (χ1n) is 12.5. The maximum absolute atomic E-state index is 12.8. The minimum atomic E-state index is -4.76. The summed E-state index contributed by atoms with van der Waals surface area (Å²) in [4.78, 5) is 15.2. The molecule has 0 spiro atoms. The number of rotatable bonds is 8. The van der Waals surface area contributed by atoms with Crippen LogP contribution in [0.15, 0.2) is 67.3 Å². The lowest BCUT2D eigenvalue weighted by molar-refractivity contribution is -0.274. The number of nitrogens with zero attached hydrogens (tertiary/aromatic N) is 1. The molecule has 1 saturated carbocycles. The zero-order valence-corrected chi connectivity index (χ0v) is 21.0. The summed E-state index contributed by atoms with van der Waals surface area (Å²) in [5.41, 5.74) is 1.61. The largest absolute Gasteiger partial charge is 0.573 e. The fraction of sp³-hybridized carbons (Fsp3) is 0.414. The van der Waals surface area contributed by atoms with Gasteiger partial charge >= 0.3 is 6.36 Å². The molecule has 1 saturated heterocycles. The Balaban J connectivity index is 1.47. The van der Waals surface area contributed by atoms with Crippen molar-refractivity contribution in [2.24, 2.45) is 5.92 Å². The van der Waals surface area contributed by atoms with Gasteiger partial charge in [-0.05, 0) is 79.6 Å². The Bertz CT molecular complexity index is 1130. The van der Waals surface area contributed by atoms with Crippen molar-refractivity contribution in [1.29, 1.82) is 0 Å². The highest BCUT2D eigenvalue weighted by Gasteiger charge is 2.48. The summed E-state index contributed by atoms with van der Waals surface area (Å²) in [6, 6.07) is 13.8. The number of alkyl halides is 3. The first kappa shape index (κ1) is 26.8. The smallest absolute Gasteiger partial charge is 0.497 e. The van der Waals surface area contributed by atoms with Gasteiger partial charge < -0.3 is 14.8 Å². The van der Waals surface area contributed by atoms with E-state index in [4.69, 9.17) is 4.74 Å². The van der Waals surface area contributed by atoms with Crippen LogP contribution in [0.2, 0.25) is 0 Å². The Morgan fingerprint density at radius 1 is 1.19 bits per heavy atom. The lowest BCUT2D eigenvalue weighted by Crippen LogP contribution is -2.56. The second-order valence-corrected chi connectivity index (χ2v) is 9.82. The molecule has 2 fully saturated rings. The van der Waals surface area contributed by atoms with Crippen molar-refractivity contribution in [3.8, 4) is 11.5 Å². The van der Waals surface area contributed by atoms with Crippen molar-refractivity contribution in [2.75, 3.05) is 26.7 Å². The van der Waals surface area contributed by atoms with E-state index in [-0.39, 0.29) is 23.1 Å². The van der Waals surface area contributed by atoms with Crippen molar-refractivity contribution in [1.82, 2.24) is 10.2 Å². The second-order valence-electron chi connectivity index (χ2n) is 9.82. The maximum atomic E-state index is 12.8. The van der Waals surface area contributed by atoms with Crippen LogP contribution in [-0.2, 0) is 10.2 Å². The van der Waals surface area contributed by atoms with E-state index in [0.717, 1.165) is 51.1 Å². The molecule has 8 heteroatoms. The van der Waals surface area contributed by atoms with Crippen LogP contribution in [0, 0.1) is 5.92 Å². The molecule has 3 unspecified atom stereocenters. The summed E-state index contributed by atoms with van der Waals surface area (Å²) in [7, 11) is 1.67. The van der Waals surface area contributed by atoms with Gasteiger partial charge in [-0.2, -0.15) is 0 Å². The van der Waals surface area contributed by atoms with E-state index in [1.807, 2.05) is 18.2 Å². The third-order valence-corrected chi connectivity index (χ3v) is 7.51. The van der Waals surface area contributed by atoms with E-state index in [2.05, 4.69) is 33.7 Å². The number of fused-ring (bicyclic) bond motifs is 1. The van der Waals surface area contributed by atoms with Gasteiger partial charge in [-0.15, -0.1) is 19.8 Å². The van der Waals surface area contributed by atoms with Crippen molar-refractivity contribution in [3.63, 3.8) is 0 Å². The van der Waals surface area contributed by atoms with Crippen molar-refractivity contribution in [2.45, 2.75) is 43.5 Å². The van der Waals surface area contributed by atoms with Crippen molar-refractivity contribution >= 4 is 12.0 Å². The van der Waals surface area contributed by atoms with Gasteiger partial charge in [0.1, 0.15) is 11.5 Å². The average molecular weight is 515 g/mol. The molecule has 0 aromatic heterocycles. The molecule has 3 atom stereocenters. The monoisotopic (exact) mass is 514 g/mol. The summed E-state index contributed by atoms with van der Waals surface area (Å²) in [5.74, 6) is 0.685. The number of likely N-dealkylation sites (tertiary alicyclic amines) is 1. The Morgan fingerprint density at radius 3 is 2.73 bits per heavy atom. The predicted molar refractivity (Wildman–Crippen MR) is 137 cm³/mol. The molecule has 1 aliphatic heterocycles. The zero-order chi connectivity index (χ0) is 26.5. The number of methoxy groups -OCH3 is 1. The minimum Gasteiger partial charge on any atom is -0.497 e. The Kier molecular flexibility index (Phi) is 8.27. The number of nitrogens with one attached hydrogen (secondary N) is 1. The second kappa shape index (κ2) is 11.4. The average Bonchev–Trinajstić information content (AvgIpc) is 2.87. The molecule has 1 heterocycles. The Hall–Kier alpha value is -3.26. The van der Waals surface area contributed by atoms with Crippen LogP contribution in [0.25, 0.3) is 6.08 Å². The highest BCUT2D eigenvalue weighted by Crippen LogP contribution is 2.49. The van der Waals surface area contributed by atoms with Crippen LogP contribution in [-0.4, -0.2) is 50.0 Å². The first-order chi connectivity index (χ1) is 17.7. The van der Waals surface area contributed by atoms with Crippen molar-refractivity contribution < 1.29 is 27.4 Å². The highest BCUT2D eigenvalue weighted by atomic mass is 19.4. The molecule has 2 aromatic rings. The first-order valence-corrected chi connectivity index (χ1v) is 12.5. The number of hydrogen-bond donors (Lipinski definition) is 1. The van der Waals surface area contributed by atoms with E-state index in [1.165, 1.54) is 35.9 Å². The van der Waals surface area contributed by atoms with Gasteiger partial charge in [-0.3, -0.25) is 9.69 Å². The summed E-state index contributed by atoms with van der Waals surface area (Å²) >= 11 is 0. The van der Waals surface area contributed by atoms with E-state index < -0.39 is 6.36 Å². The zero-order valence-electron chi connectivity index (χ0n) is 21.0. The number of ether oxygens (including phenoxy) is 2. The minimum absolute atomic E-state index is 0.00884. The van der Waals surface area contributed by atoms with Crippen LogP contribution >= 0.6 is 0 Å². The number of halogens is 3. The molecule has 2 aromatic carbocycles. The lowest BCUT2D eigenvalue weighted by atomic mass is 9.58. The van der Waals surface area contributed by atoms with Gasteiger partial charge in [-0.25, -0.2) is 0 Å².